The molecule has 74 heavy (non-hydrogen) atoms. The van der Waals surface area contributed by atoms with Gasteiger partial charge in [0.15, 0.2) is 6.10 Å². The third-order valence-corrected chi connectivity index (χ3v) is 12.7. The number of rotatable bonds is 54. The van der Waals surface area contributed by atoms with Crippen LogP contribution in [-0.4, -0.2) is 37.2 Å². The van der Waals surface area contributed by atoms with Gasteiger partial charge in [-0.1, -0.05) is 258 Å². The molecule has 420 valence electrons. The molecule has 0 aliphatic heterocycles. The van der Waals surface area contributed by atoms with E-state index in [2.05, 4.69) is 142 Å². The van der Waals surface area contributed by atoms with E-state index in [0.29, 0.717) is 19.3 Å². The first-order valence-corrected chi connectivity index (χ1v) is 30.5. The highest BCUT2D eigenvalue weighted by molar-refractivity contribution is 5.71. The van der Waals surface area contributed by atoms with E-state index in [1.165, 1.54) is 83.5 Å². The fraction of sp³-hybridized carbons (Fsp3) is 0.662. The molecule has 0 rings (SSSR count). The lowest BCUT2D eigenvalue weighted by Gasteiger charge is -2.18. The Kier molecular flexibility index (Phi) is 57.9. The summed E-state index contributed by atoms with van der Waals surface area (Å²) in [6.07, 6.45) is 84.8. The Hall–Kier alpha value is -4.19. The normalized spacial score (nSPS) is 13.0. The molecule has 0 aromatic heterocycles. The van der Waals surface area contributed by atoms with Crippen LogP contribution < -0.4 is 0 Å². The molecule has 1 unspecified atom stereocenters. The summed E-state index contributed by atoms with van der Waals surface area (Å²) >= 11 is 0. The topological polar surface area (TPSA) is 78.9 Å². The molecule has 0 N–H and O–H groups in total. The number of hydrogen-bond donors (Lipinski definition) is 0. The van der Waals surface area contributed by atoms with Gasteiger partial charge in [-0.15, -0.1) is 0 Å². The minimum atomic E-state index is -0.797. The summed E-state index contributed by atoms with van der Waals surface area (Å²) in [4.78, 5) is 38.2. The molecule has 0 aromatic rings. The zero-order valence-corrected chi connectivity index (χ0v) is 48.1. The van der Waals surface area contributed by atoms with Gasteiger partial charge in [0.1, 0.15) is 13.2 Å². The molecule has 0 amide bonds. The first kappa shape index (κ1) is 69.8. The van der Waals surface area contributed by atoms with Gasteiger partial charge in [-0.2, -0.15) is 0 Å². The van der Waals surface area contributed by atoms with Gasteiger partial charge < -0.3 is 14.2 Å². The van der Waals surface area contributed by atoms with Crippen molar-refractivity contribution in [1.29, 1.82) is 0 Å². The number of allylic oxidation sites excluding steroid dienone is 20. The standard InChI is InChI=1S/C68H112O6/c1-4-7-10-13-16-19-22-24-26-28-29-30-31-32-33-34-35-36-37-38-39-40-42-43-46-49-52-55-58-61-67(70)73-64-65(63-72-66(69)60-57-54-51-48-45-21-18-15-12-9-6-3)74-68(71)62-59-56-53-50-47-44-41-27-25-23-20-17-14-11-8-5-2/h7,10,16,19-20,23-24,26-27,29-30,32-33,35-36,38-39,41-43,65H,4-6,8-9,11-15,17-18,21-22,25,28,31,34,37,40,44-64H2,1-3H3/b10-7-,19-16-,23-20-,26-24-,30-29-,33-32-,36-35-,39-38-,41-27-,43-42-. The van der Waals surface area contributed by atoms with Gasteiger partial charge >= 0.3 is 17.9 Å². The summed E-state index contributed by atoms with van der Waals surface area (Å²) < 4.78 is 16.8. The van der Waals surface area contributed by atoms with Crippen molar-refractivity contribution in [3.8, 4) is 0 Å². The van der Waals surface area contributed by atoms with Crippen molar-refractivity contribution < 1.29 is 28.6 Å². The van der Waals surface area contributed by atoms with Crippen LogP contribution in [-0.2, 0) is 28.6 Å². The van der Waals surface area contributed by atoms with Gasteiger partial charge in [0, 0.05) is 19.3 Å². The van der Waals surface area contributed by atoms with Crippen molar-refractivity contribution in [2.45, 2.75) is 277 Å². The van der Waals surface area contributed by atoms with E-state index in [9.17, 15) is 14.4 Å². The molecule has 0 aliphatic rings. The lowest BCUT2D eigenvalue weighted by Crippen LogP contribution is -2.30. The molecule has 0 saturated heterocycles. The number of carbonyl (C=O) groups is 3. The van der Waals surface area contributed by atoms with Gasteiger partial charge in [0.2, 0.25) is 0 Å². The second-order valence-corrected chi connectivity index (χ2v) is 19.9. The van der Waals surface area contributed by atoms with E-state index in [-0.39, 0.29) is 31.1 Å². The zero-order valence-electron chi connectivity index (χ0n) is 48.1. The van der Waals surface area contributed by atoms with Crippen molar-refractivity contribution in [2.75, 3.05) is 13.2 Å². The molecule has 0 radical (unpaired) electrons. The highest BCUT2D eigenvalue weighted by atomic mass is 16.6. The number of unbranched alkanes of at least 4 members (excludes halogenated alkanes) is 23. The Morgan fingerprint density at radius 1 is 0.284 bits per heavy atom. The van der Waals surface area contributed by atoms with Crippen LogP contribution in [0.15, 0.2) is 122 Å². The van der Waals surface area contributed by atoms with Crippen LogP contribution in [0.25, 0.3) is 0 Å². The second-order valence-electron chi connectivity index (χ2n) is 19.9. The third kappa shape index (κ3) is 58.7. The van der Waals surface area contributed by atoms with E-state index in [1.54, 1.807) is 0 Å². The Morgan fingerprint density at radius 2 is 0.527 bits per heavy atom. The molecule has 0 saturated carbocycles. The SMILES string of the molecule is CC/C=C\C/C=C\C/C=C\C/C=C\C/C=C\C/C=C\C/C=C\C/C=C\CCCCCCC(=O)OCC(COC(=O)CCCCCCCCCCCCC)OC(=O)CCCCCCC/C=C\C/C=C\CCCCCC. The fourth-order valence-corrected chi connectivity index (χ4v) is 8.13. The molecule has 6 nitrogen and oxygen atoms in total. The van der Waals surface area contributed by atoms with Crippen molar-refractivity contribution >= 4 is 17.9 Å². The molecule has 0 fully saturated rings. The second kappa shape index (κ2) is 61.4. The fourth-order valence-electron chi connectivity index (χ4n) is 8.13. The first-order chi connectivity index (χ1) is 36.5. The van der Waals surface area contributed by atoms with E-state index in [0.717, 1.165) is 148 Å². The van der Waals surface area contributed by atoms with Gasteiger partial charge in [-0.25, -0.2) is 0 Å². The van der Waals surface area contributed by atoms with Crippen LogP contribution in [0.1, 0.15) is 271 Å². The quantitative estimate of drug-likeness (QED) is 0.0261. The highest BCUT2D eigenvalue weighted by Gasteiger charge is 2.19. The maximum absolute atomic E-state index is 12.9. The summed E-state index contributed by atoms with van der Waals surface area (Å²) in [5, 5.41) is 0. The summed E-state index contributed by atoms with van der Waals surface area (Å²) in [5.41, 5.74) is 0. The number of carbonyl (C=O) groups excluding carboxylic acids is 3. The monoisotopic (exact) mass is 1020 g/mol. The summed E-state index contributed by atoms with van der Waals surface area (Å²) in [5.74, 6) is -0.932. The molecule has 0 bridgehead atoms. The van der Waals surface area contributed by atoms with Crippen LogP contribution in [0.2, 0.25) is 0 Å². The Bertz CT molecular complexity index is 1550. The average molecular weight is 1030 g/mol. The minimum Gasteiger partial charge on any atom is -0.462 e. The molecule has 0 spiro atoms. The van der Waals surface area contributed by atoms with Crippen LogP contribution >= 0.6 is 0 Å². The Morgan fingerprint density at radius 3 is 0.838 bits per heavy atom. The lowest BCUT2D eigenvalue weighted by molar-refractivity contribution is -0.167. The first-order valence-electron chi connectivity index (χ1n) is 30.5. The van der Waals surface area contributed by atoms with E-state index < -0.39 is 6.10 Å². The highest BCUT2D eigenvalue weighted by Crippen LogP contribution is 2.14. The summed E-state index contributed by atoms with van der Waals surface area (Å²) in [7, 11) is 0. The Labute approximate surface area is 456 Å². The molecule has 6 heteroatoms. The molecule has 1 atom stereocenters. The van der Waals surface area contributed by atoms with Crippen LogP contribution in [0, 0.1) is 0 Å². The lowest BCUT2D eigenvalue weighted by atomic mass is 10.1. The van der Waals surface area contributed by atoms with Crippen LogP contribution in [0.3, 0.4) is 0 Å². The van der Waals surface area contributed by atoms with Crippen molar-refractivity contribution in [1.82, 2.24) is 0 Å². The maximum atomic E-state index is 12.9. The molecule has 0 heterocycles. The average Bonchev–Trinajstić information content (AvgIpc) is 3.40. The van der Waals surface area contributed by atoms with Crippen LogP contribution in [0.5, 0.6) is 0 Å². The van der Waals surface area contributed by atoms with E-state index in [4.69, 9.17) is 14.2 Å². The van der Waals surface area contributed by atoms with Gasteiger partial charge in [-0.05, 0) is 116 Å². The zero-order chi connectivity index (χ0) is 53.6. The maximum Gasteiger partial charge on any atom is 0.306 e. The number of hydrogen-bond acceptors (Lipinski definition) is 6. The van der Waals surface area contributed by atoms with Gasteiger partial charge in [0.05, 0.1) is 0 Å². The Balaban J connectivity index is 4.36. The smallest absolute Gasteiger partial charge is 0.306 e. The van der Waals surface area contributed by atoms with Crippen molar-refractivity contribution in [3.63, 3.8) is 0 Å². The van der Waals surface area contributed by atoms with E-state index in [1.807, 2.05) is 0 Å². The van der Waals surface area contributed by atoms with Gasteiger partial charge in [0.25, 0.3) is 0 Å². The summed E-state index contributed by atoms with van der Waals surface area (Å²) in [6.45, 7) is 6.47. The molecular formula is C68H112O6. The summed E-state index contributed by atoms with van der Waals surface area (Å²) in [6, 6.07) is 0. The van der Waals surface area contributed by atoms with Crippen LogP contribution in [0.4, 0.5) is 0 Å². The minimum absolute atomic E-state index is 0.0923. The predicted molar refractivity (Wildman–Crippen MR) is 320 cm³/mol. The molecule has 0 aliphatic carbocycles. The van der Waals surface area contributed by atoms with E-state index >= 15 is 0 Å². The third-order valence-electron chi connectivity index (χ3n) is 12.7. The van der Waals surface area contributed by atoms with Crippen molar-refractivity contribution in [2.24, 2.45) is 0 Å². The largest absolute Gasteiger partial charge is 0.462 e. The molecule has 0 aromatic carbocycles. The predicted octanol–water partition coefficient (Wildman–Crippen LogP) is 20.8. The molecular weight excluding hydrogens is 913 g/mol. The van der Waals surface area contributed by atoms with Gasteiger partial charge in [-0.3, -0.25) is 14.4 Å². The number of esters is 3. The number of ether oxygens (including phenoxy) is 3. The van der Waals surface area contributed by atoms with Crippen molar-refractivity contribution in [3.05, 3.63) is 122 Å².